The zero-order chi connectivity index (χ0) is 12.5. The van der Waals surface area contributed by atoms with Crippen LogP contribution in [0.2, 0.25) is 0 Å². The van der Waals surface area contributed by atoms with Gasteiger partial charge >= 0.3 is 0 Å². The molecule has 2 heteroatoms. The number of hydrogen-bond acceptors (Lipinski definition) is 2. The van der Waals surface area contributed by atoms with Crippen molar-refractivity contribution in [3.8, 4) is 11.1 Å². The van der Waals surface area contributed by atoms with Crippen molar-refractivity contribution in [2.75, 3.05) is 6.26 Å². The third kappa shape index (κ3) is 1.73. The molecule has 1 aromatic heterocycles. The Morgan fingerprint density at radius 2 is 1.72 bits per heavy atom. The topological polar surface area (TPSA) is 13.1 Å². The highest BCUT2D eigenvalue weighted by atomic mass is 32.2. The molecule has 0 unspecified atom stereocenters. The van der Waals surface area contributed by atoms with E-state index in [0.29, 0.717) is 0 Å². The second kappa shape index (κ2) is 4.54. The van der Waals surface area contributed by atoms with Gasteiger partial charge in [-0.1, -0.05) is 42.5 Å². The van der Waals surface area contributed by atoms with Gasteiger partial charge in [0.15, 0.2) is 0 Å². The predicted octanol–water partition coefficient (Wildman–Crippen LogP) is 5.13. The van der Waals surface area contributed by atoms with Crippen LogP contribution in [-0.2, 0) is 0 Å². The molecule has 0 spiro atoms. The Kier molecular flexibility index (Phi) is 2.88. The number of rotatable bonds is 2. The number of hydrogen-bond donors (Lipinski definition) is 0. The Morgan fingerprint density at radius 3 is 2.44 bits per heavy atom. The first-order chi connectivity index (χ1) is 8.81. The van der Waals surface area contributed by atoms with E-state index in [0.717, 1.165) is 11.3 Å². The van der Waals surface area contributed by atoms with E-state index in [1.165, 1.54) is 21.4 Å². The molecule has 90 valence electrons. The minimum Gasteiger partial charge on any atom is -0.460 e. The lowest BCUT2D eigenvalue weighted by atomic mass is 10.0. The molecule has 0 atom stereocenters. The fraction of sp³-hybridized carbons (Fsp3) is 0.125. The number of fused-ring (bicyclic) bond motifs is 1. The summed E-state index contributed by atoms with van der Waals surface area (Å²) in [6.07, 6.45) is 2.10. The zero-order valence-electron chi connectivity index (χ0n) is 10.4. The molecule has 0 amide bonds. The number of benzene rings is 2. The molecule has 0 bridgehead atoms. The summed E-state index contributed by atoms with van der Waals surface area (Å²) in [6, 6.07) is 16.7. The van der Waals surface area contributed by atoms with Gasteiger partial charge in [-0.25, -0.2) is 0 Å². The molecule has 2 aromatic carbocycles. The molecule has 0 aliphatic carbocycles. The maximum Gasteiger partial charge on any atom is 0.136 e. The third-order valence-corrected chi connectivity index (χ3v) is 4.02. The van der Waals surface area contributed by atoms with Gasteiger partial charge in [-0.05, 0) is 30.4 Å². The summed E-state index contributed by atoms with van der Waals surface area (Å²) in [7, 11) is 0. The summed E-state index contributed by atoms with van der Waals surface area (Å²) < 4.78 is 5.83. The van der Waals surface area contributed by atoms with Gasteiger partial charge in [0.1, 0.15) is 11.3 Å². The standard InChI is InChI=1S/C16H14OS/c1-11-16(18-2)15-13(9-6-10-14(15)17-11)12-7-4-3-5-8-12/h3-10H,1-2H3. The first-order valence-electron chi connectivity index (χ1n) is 5.93. The second-order valence-electron chi connectivity index (χ2n) is 4.24. The average molecular weight is 254 g/mol. The van der Waals surface area contributed by atoms with Gasteiger partial charge in [0, 0.05) is 5.39 Å². The van der Waals surface area contributed by atoms with Crippen LogP contribution >= 0.6 is 11.8 Å². The molecule has 0 fully saturated rings. The maximum absolute atomic E-state index is 5.83. The summed E-state index contributed by atoms with van der Waals surface area (Å²) in [4.78, 5) is 1.24. The van der Waals surface area contributed by atoms with Gasteiger partial charge < -0.3 is 4.42 Å². The van der Waals surface area contributed by atoms with Crippen LogP contribution in [0.25, 0.3) is 22.1 Å². The van der Waals surface area contributed by atoms with Crippen molar-refractivity contribution >= 4 is 22.7 Å². The Hall–Kier alpha value is -1.67. The molecule has 3 rings (SSSR count). The van der Waals surface area contributed by atoms with Crippen LogP contribution in [0.1, 0.15) is 5.76 Å². The fourth-order valence-electron chi connectivity index (χ4n) is 2.34. The van der Waals surface area contributed by atoms with Gasteiger partial charge in [-0.2, -0.15) is 0 Å². The van der Waals surface area contributed by atoms with Gasteiger partial charge in [0.25, 0.3) is 0 Å². The Balaban J connectivity index is 2.36. The molecule has 0 aliphatic rings. The van der Waals surface area contributed by atoms with Crippen molar-refractivity contribution in [1.82, 2.24) is 0 Å². The summed E-state index contributed by atoms with van der Waals surface area (Å²) in [5.41, 5.74) is 3.45. The van der Waals surface area contributed by atoms with E-state index in [1.54, 1.807) is 11.8 Å². The first kappa shape index (κ1) is 11.4. The molecule has 3 aromatic rings. The van der Waals surface area contributed by atoms with E-state index in [1.807, 2.05) is 19.1 Å². The maximum atomic E-state index is 5.83. The number of thioether (sulfide) groups is 1. The molecular weight excluding hydrogens is 240 g/mol. The lowest BCUT2D eigenvalue weighted by molar-refractivity contribution is 0.568. The smallest absolute Gasteiger partial charge is 0.136 e. The molecular formula is C16H14OS. The van der Waals surface area contributed by atoms with Gasteiger partial charge in [0.05, 0.1) is 4.90 Å². The SMILES string of the molecule is CSc1c(C)oc2cccc(-c3ccccc3)c12. The van der Waals surface area contributed by atoms with E-state index in [9.17, 15) is 0 Å². The molecule has 0 radical (unpaired) electrons. The minimum absolute atomic E-state index is 0.971. The molecule has 0 aliphatic heterocycles. The second-order valence-corrected chi connectivity index (χ2v) is 5.05. The van der Waals surface area contributed by atoms with E-state index in [4.69, 9.17) is 4.42 Å². The van der Waals surface area contributed by atoms with Crippen LogP contribution in [0.4, 0.5) is 0 Å². The lowest BCUT2D eigenvalue weighted by Gasteiger charge is -2.04. The summed E-state index contributed by atoms with van der Waals surface area (Å²) in [6.45, 7) is 2.03. The summed E-state index contributed by atoms with van der Waals surface area (Å²) >= 11 is 1.75. The molecule has 18 heavy (non-hydrogen) atoms. The monoisotopic (exact) mass is 254 g/mol. The molecule has 0 saturated carbocycles. The van der Waals surface area contributed by atoms with Gasteiger partial charge in [0.2, 0.25) is 0 Å². The van der Waals surface area contributed by atoms with Crippen molar-refractivity contribution < 1.29 is 4.42 Å². The lowest BCUT2D eigenvalue weighted by Crippen LogP contribution is -1.79. The van der Waals surface area contributed by atoms with Gasteiger partial charge in [-0.3, -0.25) is 0 Å². The predicted molar refractivity (Wildman–Crippen MR) is 78.2 cm³/mol. The van der Waals surface area contributed by atoms with Crippen molar-refractivity contribution in [2.45, 2.75) is 11.8 Å². The average Bonchev–Trinajstić information content (AvgIpc) is 2.74. The van der Waals surface area contributed by atoms with Crippen molar-refractivity contribution in [1.29, 1.82) is 0 Å². The molecule has 1 heterocycles. The van der Waals surface area contributed by atoms with Crippen LogP contribution in [-0.4, -0.2) is 6.26 Å². The van der Waals surface area contributed by atoms with E-state index in [-0.39, 0.29) is 0 Å². The van der Waals surface area contributed by atoms with E-state index in [2.05, 4.69) is 42.7 Å². The van der Waals surface area contributed by atoms with Crippen LogP contribution < -0.4 is 0 Å². The Labute approximate surface area is 111 Å². The fourth-order valence-corrected chi connectivity index (χ4v) is 3.09. The van der Waals surface area contributed by atoms with Crippen molar-refractivity contribution in [3.63, 3.8) is 0 Å². The Morgan fingerprint density at radius 1 is 0.944 bits per heavy atom. The largest absolute Gasteiger partial charge is 0.460 e. The summed E-state index contributed by atoms with van der Waals surface area (Å²) in [5, 5.41) is 1.23. The number of aryl methyl sites for hydroxylation is 1. The van der Waals surface area contributed by atoms with Crippen molar-refractivity contribution in [3.05, 3.63) is 54.3 Å². The third-order valence-electron chi connectivity index (χ3n) is 3.13. The van der Waals surface area contributed by atoms with E-state index >= 15 is 0 Å². The summed E-state index contributed by atoms with van der Waals surface area (Å²) in [5.74, 6) is 1.00. The highest BCUT2D eigenvalue weighted by molar-refractivity contribution is 7.98. The Bertz CT molecular complexity index is 683. The van der Waals surface area contributed by atoms with Crippen LogP contribution in [0.3, 0.4) is 0 Å². The first-order valence-corrected chi connectivity index (χ1v) is 7.15. The number of furan rings is 1. The van der Waals surface area contributed by atoms with Gasteiger partial charge in [-0.15, -0.1) is 11.8 Å². The van der Waals surface area contributed by atoms with Crippen LogP contribution in [0.15, 0.2) is 57.8 Å². The molecule has 0 N–H and O–H groups in total. The molecule has 0 saturated heterocycles. The van der Waals surface area contributed by atoms with Crippen molar-refractivity contribution in [2.24, 2.45) is 0 Å². The highest BCUT2D eigenvalue weighted by Crippen LogP contribution is 2.38. The quantitative estimate of drug-likeness (QED) is 0.588. The minimum atomic E-state index is 0.971. The van der Waals surface area contributed by atoms with Crippen LogP contribution in [0, 0.1) is 6.92 Å². The molecule has 1 nitrogen and oxygen atoms in total. The highest BCUT2D eigenvalue weighted by Gasteiger charge is 2.14. The van der Waals surface area contributed by atoms with E-state index < -0.39 is 0 Å². The normalized spacial score (nSPS) is 11.0. The van der Waals surface area contributed by atoms with Crippen LogP contribution in [0.5, 0.6) is 0 Å². The zero-order valence-corrected chi connectivity index (χ0v) is 11.3.